The maximum Gasteiger partial charge on any atom is 0.221 e. The zero-order valence-corrected chi connectivity index (χ0v) is 18.2. The van der Waals surface area contributed by atoms with Crippen LogP contribution in [0.25, 0.3) is 0 Å². The molecular formula is C22H28ClN3OS. The summed E-state index contributed by atoms with van der Waals surface area (Å²) in [6, 6.07) is 8.42. The number of thiophene rings is 1. The number of rotatable bonds is 4. The van der Waals surface area contributed by atoms with Gasteiger partial charge in [-0.1, -0.05) is 23.7 Å². The summed E-state index contributed by atoms with van der Waals surface area (Å²) in [6.45, 7) is 5.77. The number of carbonyl (C=O) groups is 1. The third-order valence-electron chi connectivity index (χ3n) is 5.86. The Kier molecular flexibility index (Phi) is 6.07. The van der Waals surface area contributed by atoms with Crippen molar-refractivity contribution >= 4 is 33.8 Å². The number of halogens is 1. The van der Waals surface area contributed by atoms with E-state index in [0.29, 0.717) is 0 Å². The second kappa shape index (κ2) is 8.54. The summed E-state index contributed by atoms with van der Waals surface area (Å²) in [7, 11) is 2.18. The van der Waals surface area contributed by atoms with Crippen molar-refractivity contribution in [1.82, 2.24) is 9.80 Å². The number of benzene rings is 1. The third-order valence-corrected chi connectivity index (χ3v) is 7.34. The number of piperazine rings is 1. The molecule has 4 nitrogen and oxygen atoms in total. The molecule has 150 valence electrons. The molecule has 0 spiro atoms. The van der Waals surface area contributed by atoms with Crippen LogP contribution in [0.2, 0.25) is 5.02 Å². The van der Waals surface area contributed by atoms with E-state index >= 15 is 0 Å². The molecule has 1 aromatic carbocycles. The van der Waals surface area contributed by atoms with Gasteiger partial charge in [0, 0.05) is 48.6 Å². The fourth-order valence-corrected chi connectivity index (χ4v) is 5.91. The van der Waals surface area contributed by atoms with Crippen LogP contribution in [0.4, 0.5) is 5.00 Å². The van der Waals surface area contributed by atoms with Gasteiger partial charge in [0.25, 0.3) is 0 Å². The van der Waals surface area contributed by atoms with E-state index in [2.05, 4.69) is 34.3 Å². The van der Waals surface area contributed by atoms with Crippen molar-refractivity contribution < 1.29 is 4.79 Å². The van der Waals surface area contributed by atoms with Gasteiger partial charge in [0.05, 0.1) is 6.04 Å². The summed E-state index contributed by atoms with van der Waals surface area (Å²) in [5.74, 6) is 0.00748. The second-order valence-corrected chi connectivity index (χ2v) is 9.47. The monoisotopic (exact) mass is 417 g/mol. The van der Waals surface area contributed by atoms with Crippen molar-refractivity contribution in [1.29, 1.82) is 0 Å². The molecule has 1 aliphatic heterocycles. The first-order valence-electron chi connectivity index (χ1n) is 10.1. The van der Waals surface area contributed by atoms with Crippen LogP contribution in [0.3, 0.4) is 0 Å². The van der Waals surface area contributed by atoms with Gasteiger partial charge in [-0.15, -0.1) is 11.3 Å². The molecule has 1 fully saturated rings. The van der Waals surface area contributed by atoms with Crippen molar-refractivity contribution in [2.45, 2.75) is 38.6 Å². The van der Waals surface area contributed by atoms with E-state index < -0.39 is 0 Å². The second-order valence-electron chi connectivity index (χ2n) is 7.93. The predicted molar refractivity (Wildman–Crippen MR) is 118 cm³/mol. The topological polar surface area (TPSA) is 35.6 Å². The Hall–Kier alpha value is -1.40. The van der Waals surface area contributed by atoms with Crippen LogP contribution in [0.5, 0.6) is 0 Å². The maximum absolute atomic E-state index is 12.0. The number of nitrogens with zero attached hydrogens (tertiary/aromatic N) is 2. The van der Waals surface area contributed by atoms with Crippen LogP contribution in [0, 0.1) is 0 Å². The van der Waals surface area contributed by atoms with Crippen LogP contribution in [0.15, 0.2) is 24.3 Å². The number of hydrogen-bond donors (Lipinski definition) is 1. The summed E-state index contributed by atoms with van der Waals surface area (Å²) in [5, 5.41) is 4.96. The summed E-state index contributed by atoms with van der Waals surface area (Å²) >= 11 is 7.97. The molecule has 2 aliphatic rings. The van der Waals surface area contributed by atoms with E-state index in [0.717, 1.165) is 49.0 Å². The van der Waals surface area contributed by atoms with E-state index in [-0.39, 0.29) is 11.9 Å². The molecule has 1 aromatic heterocycles. The highest BCUT2D eigenvalue weighted by Gasteiger charge is 2.33. The van der Waals surface area contributed by atoms with Crippen LogP contribution in [-0.2, 0) is 17.6 Å². The zero-order chi connectivity index (χ0) is 19.7. The molecule has 2 aromatic rings. The minimum Gasteiger partial charge on any atom is -0.318 e. The SMILES string of the molecule is CC(=O)Nc1sc2c(c1C(c1ccc(Cl)cc1)N1CCN(C)CC1)CCCC2. The van der Waals surface area contributed by atoms with Crippen molar-refractivity contribution in [3.05, 3.63) is 50.9 Å². The van der Waals surface area contributed by atoms with Crippen molar-refractivity contribution in [3.8, 4) is 0 Å². The van der Waals surface area contributed by atoms with Gasteiger partial charge in [-0.05, 0) is 56.0 Å². The van der Waals surface area contributed by atoms with Gasteiger partial charge >= 0.3 is 0 Å². The smallest absolute Gasteiger partial charge is 0.221 e. The maximum atomic E-state index is 12.0. The summed E-state index contributed by atoms with van der Waals surface area (Å²) in [5.41, 5.74) is 4.05. The molecule has 4 rings (SSSR count). The molecule has 1 amide bonds. The lowest BCUT2D eigenvalue weighted by Gasteiger charge is -2.39. The average molecular weight is 418 g/mol. The third kappa shape index (κ3) is 4.13. The molecule has 6 heteroatoms. The van der Waals surface area contributed by atoms with E-state index in [1.807, 2.05) is 12.1 Å². The van der Waals surface area contributed by atoms with Crippen LogP contribution < -0.4 is 5.32 Å². The first kappa shape index (κ1) is 19.9. The molecule has 1 unspecified atom stereocenters. The van der Waals surface area contributed by atoms with Crippen LogP contribution >= 0.6 is 22.9 Å². The molecule has 0 bridgehead atoms. The molecule has 1 saturated heterocycles. The largest absolute Gasteiger partial charge is 0.318 e. The molecular weight excluding hydrogens is 390 g/mol. The summed E-state index contributed by atoms with van der Waals surface area (Å²) < 4.78 is 0. The summed E-state index contributed by atoms with van der Waals surface area (Å²) in [4.78, 5) is 18.4. The standard InChI is InChI=1S/C22H28ClN3OS/c1-15(27)24-22-20(18-5-3-4-6-19(18)28-22)21(16-7-9-17(23)10-8-16)26-13-11-25(2)12-14-26/h7-10,21H,3-6,11-14H2,1-2H3,(H,24,27). The van der Waals surface area contributed by atoms with E-state index in [4.69, 9.17) is 11.6 Å². The number of carbonyl (C=O) groups excluding carboxylic acids is 1. The Balaban J connectivity index is 1.82. The van der Waals surface area contributed by atoms with Crippen LogP contribution in [-0.4, -0.2) is 48.9 Å². The number of likely N-dealkylation sites (N-methyl/N-ethyl adjacent to an activating group) is 1. The Morgan fingerprint density at radius 2 is 1.79 bits per heavy atom. The van der Waals surface area contributed by atoms with E-state index in [9.17, 15) is 4.79 Å². The summed E-state index contributed by atoms with van der Waals surface area (Å²) in [6.07, 6.45) is 4.71. The highest BCUT2D eigenvalue weighted by molar-refractivity contribution is 7.16. The molecule has 1 atom stereocenters. The molecule has 1 N–H and O–H groups in total. The van der Waals surface area contributed by atoms with Gasteiger partial charge < -0.3 is 10.2 Å². The van der Waals surface area contributed by atoms with Gasteiger partial charge in [0.15, 0.2) is 0 Å². The minimum absolute atomic E-state index is 0.00748. The minimum atomic E-state index is 0.00748. The average Bonchev–Trinajstić information content (AvgIpc) is 3.02. The lowest BCUT2D eigenvalue weighted by molar-refractivity contribution is -0.114. The number of aryl methyl sites for hydroxylation is 1. The Morgan fingerprint density at radius 3 is 2.46 bits per heavy atom. The first-order chi connectivity index (χ1) is 13.5. The molecule has 1 aliphatic carbocycles. The zero-order valence-electron chi connectivity index (χ0n) is 16.6. The molecule has 0 saturated carbocycles. The van der Waals surface area contributed by atoms with Gasteiger partial charge in [-0.2, -0.15) is 0 Å². The fourth-order valence-electron chi connectivity index (χ4n) is 4.42. The Labute approximate surface area is 176 Å². The molecule has 0 radical (unpaired) electrons. The van der Waals surface area contributed by atoms with Crippen molar-refractivity contribution in [2.24, 2.45) is 0 Å². The van der Waals surface area contributed by atoms with E-state index in [1.54, 1.807) is 18.3 Å². The van der Waals surface area contributed by atoms with Gasteiger partial charge in [-0.3, -0.25) is 9.69 Å². The lowest BCUT2D eigenvalue weighted by Crippen LogP contribution is -2.46. The number of amides is 1. The van der Waals surface area contributed by atoms with Crippen LogP contribution in [0.1, 0.15) is 47.4 Å². The van der Waals surface area contributed by atoms with Gasteiger partial charge in [0.2, 0.25) is 5.91 Å². The number of fused-ring (bicyclic) bond motifs is 1. The predicted octanol–water partition coefficient (Wildman–Crippen LogP) is 4.58. The highest BCUT2D eigenvalue weighted by atomic mass is 35.5. The number of hydrogen-bond acceptors (Lipinski definition) is 4. The van der Waals surface area contributed by atoms with Gasteiger partial charge in [-0.25, -0.2) is 0 Å². The Morgan fingerprint density at radius 1 is 1.11 bits per heavy atom. The Bertz CT molecular complexity index is 840. The lowest BCUT2D eigenvalue weighted by atomic mass is 9.88. The first-order valence-corrected chi connectivity index (χ1v) is 11.3. The van der Waals surface area contributed by atoms with E-state index in [1.165, 1.54) is 34.4 Å². The molecule has 2 heterocycles. The number of anilines is 1. The molecule has 28 heavy (non-hydrogen) atoms. The van der Waals surface area contributed by atoms with Crippen molar-refractivity contribution in [3.63, 3.8) is 0 Å². The van der Waals surface area contributed by atoms with Gasteiger partial charge in [0.1, 0.15) is 5.00 Å². The quantitative estimate of drug-likeness (QED) is 0.791. The normalized spacial score (nSPS) is 19.2. The van der Waals surface area contributed by atoms with Crippen molar-refractivity contribution in [2.75, 3.05) is 38.5 Å². The fraction of sp³-hybridized carbons (Fsp3) is 0.500. The highest BCUT2D eigenvalue weighted by Crippen LogP contribution is 2.45. The number of nitrogens with one attached hydrogen (secondary N) is 1.